The maximum Gasteiger partial charge on any atom is 0.0722 e. The number of benzene rings is 2. The fourth-order valence-corrected chi connectivity index (χ4v) is 4.23. The van der Waals surface area contributed by atoms with E-state index in [1.54, 1.807) is 0 Å². The molecule has 1 fully saturated rings. The second-order valence-corrected chi connectivity index (χ2v) is 7.51. The average molecular weight is 345 g/mol. The van der Waals surface area contributed by atoms with Gasteiger partial charge in [0.15, 0.2) is 0 Å². The minimum absolute atomic E-state index is 0.898. The van der Waals surface area contributed by atoms with Crippen LogP contribution >= 0.6 is 0 Å². The molecule has 0 radical (unpaired) electrons. The number of para-hydroxylation sites is 1. The number of anilines is 1. The molecule has 0 saturated carbocycles. The lowest BCUT2D eigenvalue weighted by atomic mass is 9.90. The highest BCUT2D eigenvalue weighted by Crippen LogP contribution is 2.30. The van der Waals surface area contributed by atoms with Gasteiger partial charge in [-0.3, -0.25) is 4.98 Å². The van der Waals surface area contributed by atoms with Gasteiger partial charge in [0.1, 0.15) is 0 Å². The summed E-state index contributed by atoms with van der Waals surface area (Å²) in [4.78, 5) is 7.06. The molecule has 1 saturated heterocycles. The van der Waals surface area contributed by atoms with E-state index >= 15 is 0 Å². The fourth-order valence-electron chi connectivity index (χ4n) is 4.23. The third-order valence-corrected chi connectivity index (χ3v) is 5.75. The Bertz CT molecular complexity index is 814. The van der Waals surface area contributed by atoms with E-state index in [4.69, 9.17) is 0 Å². The normalized spacial score (nSPS) is 15.5. The first-order chi connectivity index (χ1) is 12.9. The number of fused-ring (bicyclic) bond motifs is 1. The van der Waals surface area contributed by atoms with E-state index < -0.39 is 0 Å². The van der Waals surface area contributed by atoms with Gasteiger partial charge < -0.3 is 4.90 Å². The quantitative estimate of drug-likeness (QED) is 0.520. The number of aryl methyl sites for hydroxylation is 1. The van der Waals surface area contributed by atoms with Gasteiger partial charge in [-0.1, -0.05) is 61.4 Å². The van der Waals surface area contributed by atoms with Crippen molar-refractivity contribution >= 4 is 16.6 Å². The van der Waals surface area contributed by atoms with Crippen LogP contribution in [0.2, 0.25) is 0 Å². The molecular weight excluding hydrogens is 316 g/mol. The molecule has 0 atom stereocenters. The van der Waals surface area contributed by atoms with Gasteiger partial charge >= 0.3 is 0 Å². The van der Waals surface area contributed by atoms with Gasteiger partial charge in [-0.25, -0.2) is 0 Å². The van der Waals surface area contributed by atoms with Crippen LogP contribution < -0.4 is 4.90 Å². The zero-order valence-corrected chi connectivity index (χ0v) is 15.5. The second kappa shape index (κ2) is 8.35. The van der Waals surface area contributed by atoms with Crippen molar-refractivity contribution in [1.82, 2.24) is 4.98 Å². The highest BCUT2D eigenvalue weighted by atomic mass is 15.1. The molecule has 1 aromatic heterocycles. The Morgan fingerprint density at radius 1 is 0.846 bits per heavy atom. The Morgan fingerprint density at radius 3 is 2.46 bits per heavy atom. The second-order valence-electron chi connectivity index (χ2n) is 7.51. The summed E-state index contributed by atoms with van der Waals surface area (Å²) < 4.78 is 0. The summed E-state index contributed by atoms with van der Waals surface area (Å²) in [5.74, 6) is 0.898. The van der Waals surface area contributed by atoms with Crippen LogP contribution in [0.1, 0.15) is 37.7 Å². The van der Waals surface area contributed by atoms with Gasteiger partial charge in [0.2, 0.25) is 0 Å². The van der Waals surface area contributed by atoms with Crippen molar-refractivity contribution in [3.63, 3.8) is 0 Å². The molecule has 0 bridgehead atoms. The summed E-state index contributed by atoms with van der Waals surface area (Å²) in [5, 5.41) is 1.29. The molecule has 4 rings (SSSR count). The number of unbranched alkanes of at least 4 members (excludes halogenated alkanes) is 1. The van der Waals surface area contributed by atoms with Gasteiger partial charge in [0.25, 0.3) is 0 Å². The molecule has 0 amide bonds. The molecule has 26 heavy (non-hydrogen) atoms. The SMILES string of the molecule is c1ccc(CCCCC2CCN(c3ccnc4ccccc34)CC2)cc1. The Morgan fingerprint density at radius 2 is 1.62 bits per heavy atom. The predicted octanol–water partition coefficient (Wildman–Crippen LogP) is 5.86. The van der Waals surface area contributed by atoms with E-state index in [0.29, 0.717) is 0 Å². The molecular formula is C24H28N2. The van der Waals surface area contributed by atoms with Crippen molar-refractivity contribution in [1.29, 1.82) is 0 Å². The smallest absolute Gasteiger partial charge is 0.0722 e. The molecule has 2 nitrogen and oxygen atoms in total. The summed E-state index contributed by atoms with van der Waals surface area (Å²) in [7, 11) is 0. The molecule has 1 aliphatic heterocycles. The highest BCUT2D eigenvalue weighted by molar-refractivity contribution is 5.91. The zero-order valence-electron chi connectivity index (χ0n) is 15.5. The molecule has 2 heterocycles. The zero-order chi connectivity index (χ0) is 17.6. The van der Waals surface area contributed by atoms with E-state index in [1.165, 1.54) is 68.3 Å². The summed E-state index contributed by atoms with van der Waals surface area (Å²) >= 11 is 0. The summed E-state index contributed by atoms with van der Waals surface area (Å²) in [5.41, 5.74) is 3.94. The maximum atomic E-state index is 4.50. The molecule has 0 aliphatic carbocycles. The predicted molar refractivity (Wildman–Crippen MR) is 111 cm³/mol. The van der Waals surface area contributed by atoms with Crippen LogP contribution in [-0.2, 0) is 6.42 Å². The highest BCUT2D eigenvalue weighted by Gasteiger charge is 2.20. The van der Waals surface area contributed by atoms with E-state index in [2.05, 4.69) is 70.5 Å². The first-order valence-corrected chi connectivity index (χ1v) is 10.0. The van der Waals surface area contributed by atoms with Gasteiger partial charge in [0.05, 0.1) is 5.52 Å². The summed E-state index contributed by atoms with van der Waals surface area (Å²) in [6.07, 6.45) is 9.88. The van der Waals surface area contributed by atoms with Crippen LogP contribution in [0.3, 0.4) is 0 Å². The molecule has 0 N–H and O–H groups in total. The van der Waals surface area contributed by atoms with Crippen LogP contribution in [0.4, 0.5) is 5.69 Å². The van der Waals surface area contributed by atoms with Gasteiger partial charge in [-0.2, -0.15) is 0 Å². The van der Waals surface area contributed by atoms with E-state index in [0.717, 1.165) is 11.4 Å². The summed E-state index contributed by atoms with van der Waals surface area (Å²) in [6.45, 7) is 2.36. The number of rotatable bonds is 6. The minimum Gasteiger partial charge on any atom is -0.371 e. The monoisotopic (exact) mass is 344 g/mol. The van der Waals surface area contributed by atoms with Crippen molar-refractivity contribution in [3.8, 4) is 0 Å². The third-order valence-electron chi connectivity index (χ3n) is 5.75. The van der Waals surface area contributed by atoms with Crippen molar-refractivity contribution in [2.75, 3.05) is 18.0 Å². The lowest BCUT2D eigenvalue weighted by molar-refractivity contribution is 0.369. The Labute approximate surface area is 156 Å². The maximum absolute atomic E-state index is 4.50. The molecule has 0 unspecified atom stereocenters. The fraction of sp³-hybridized carbons (Fsp3) is 0.375. The van der Waals surface area contributed by atoms with Crippen LogP contribution in [0.5, 0.6) is 0 Å². The Hall–Kier alpha value is -2.35. The minimum atomic E-state index is 0.898. The van der Waals surface area contributed by atoms with Crippen molar-refractivity contribution in [3.05, 3.63) is 72.4 Å². The van der Waals surface area contributed by atoms with Crippen LogP contribution in [0.25, 0.3) is 10.9 Å². The number of nitrogens with zero attached hydrogens (tertiary/aromatic N) is 2. The lowest BCUT2D eigenvalue weighted by Crippen LogP contribution is -2.33. The largest absolute Gasteiger partial charge is 0.371 e. The Kier molecular flexibility index (Phi) is 5.49. The molecule has 0 spiro atoms. The number of hydrogen-bond acceptors (Lipinski definition) is 2. The van der Waals surface area contributed by atoms with Crippen LogP contribution in [0.15, 0.2) is 66.9 Å². The molecule has 2 aromatic carbocycles. The molecule has 2 heteroatoms. The number of pyridine rings is 1. The summed E-state index contributed by atoms with van der Waals surface area (Å²) in [6, 6.07) is 21.6. The first-order valence-electron chi connectivity index (χ1n) is 10.0. The number of aromatic nitrogens is 1. The Balaban J connectivity index is 1.26. The lowest BCUT2D eigenvalue weighted by Gasteiger charge is -2.34. The van der Waals surface area contributed by atoms with E-state index in [9.17, 15) is 0 Å². The first kappa shape index (κ1) is 17.1. The molecule has 1 aliphatic rings. The standard InChI is InChI=1S/C24H28N2/c1-2-8-20(9-3-1)10-4-5-11-21-15-18-26(19-16-21)24-14-17-25-23-13-7-6-12-22(23)24/h1-3,6-9,12-14,17,21H,4-5,10-11,15-16,18-19H2. The van der Waals surface area contributed by atoms with Crippen LogP contribution in [0, 0.1) is 5.92 Å². The van der Waals surface area contributed by atoms with Crippen molar-refractivity contribution < 1.29 is 0 Å². The number of hydrogen-bond donors (Lipinski definition) is 0. The third kappa shape index (κ3) is 4.07. The topological polar surface area (TPSA) is 16.1 Å². The molecule has 134 valence electrons. The van der Waals surface area contributed by atoms with Crippen LogP contribution in [-0.4, -0.2) is 18.1 Å². The molecule has 3 aromatic rings. The van der Waals surface area contributed by atoms with E-state index in [1.807, 2.05) is 6.20 Å². The van der Waals surface area contributed by atoms with Crippen molar-refractivity contribution in [2.24, 2.45) is 5.92 Å². The van der Waals surface area contributed by atoms with Gasteiger partial charge in [-0.15, -0.1) is 0 Å². The average Bonchev–Trinajstić information content (AvgIpc) is 2.72. The van der Waals surface area contributed by atoms with Gasteiger partial charge in [0, 0.05) is 30.4 Å². The van der Waals surface area contributed by atoms with E-state index in [-0.39, 0.29) is 0 Å². The van der Waals surface area contributed by atoms with Crippen molar-refractivity contribution in [2.45, 2.75) is 38.5 Å². The van der Waals surface area contributed by atoms with Gasteiger partial charge in [-0.05, 0) is 49.3 Å². The number of piperidine rings is 1.